The molecular formula is C14H20N2O. The summed E-state index contributed by atoms with van der Waals surface area (Å²) in [6.07, 6.45) is 3.07. The van der Waals surface area contributed by atoms with E-state index in [0.717, 1.165) is 36.9 Å². The van der Waals surface area contributed by atoms with Gasteiger partial charge in [-0.1, -0.05) is 12.1 Å². The van der Waals surface area contributed by atoms with Crippen LogP contribution in [0.2, 0.25) is 0 Å². The first kappa shape index (κ1) is 12.1. The van der Waals surface area contributed by atoms with Crippen LogP contribution in [0.4, 0.5) is 0 Å². The smallest absolute Gasteiger partial charge is 0.254 e. The Balaban J connectivity index is 2.15. The molecular weight excluding hydrogens is 212 g/mol. The predicted molar refractivity (Wildman–Crippen MR) is 68.9 cm³/mol. The number of nitrogens with two attached hydrogens (primary N) is 1. The summed E-state index contributed by atoms with van der Waals surface area (Å²) in [6.45, 7) is 3.63. The number of carbonyl (C=O) groups excluding carboxylic acids is 1. The van der Waals surface area contributed by atoms with E-state index in [0.29, 0.717) is 12.6 Å². The molecule has 1 heterocycles. The van der Waals surface area contributed by atoms with Crippen LogP contribution in [0.1, 0.15) is 35.7 Å². The minimum absolute atomic E-state index is 0.161. The summed E-state index contributed by atoms with van der Waals surface area (Å²) >= 11 is 0. The highest BCUT2D eigenvalue weighted by Gasteiger charge is 2.25. The van der Waals surface area contributed by atoms with Gasteiger partial charge in [0.05, 0.1) is 0 Å². The molecule has 3 heteroatoms. The molecule has 1 aliphatic rings. The highest BCUT2D eigenvalue weighted by atomic mass is 16.2. The summed E-state index contributed by atoms with van der Waals surface area (Å²) in [6, 6.07) is 8.21. The van der Waals surface area contributed by atoms with Crippen molar-refractivity contribution in [1.82, 2.24) is 4.90 Å². The quantitative estimate of drug-likeness (QED) is 0.864. The molecule has 0 spiro atoms. The summed E-state index contributed by atoms with van der Waals surface area (Å²) in [4.78, 5) is 14.3. The number of nitrogens with zero attached hydrogens (tertiary/aromatic N) is 1. The Bertz CT molecular complexity index is 403. The second-order valence-electron chi connectivity index (χ2n) is 4.73. The minimum Gasteiger partial charge on any atom is -0.336 e. The zero-order valence-electron chi connectivity index (χ0n) is 10.4. The molecule has 0 saturated carbocycles. The maximum atomic E-state index is 12.3. The molecule has 1 amide bonds. The standard InChI is InChI=1S/C14H20N2O/c1-11-4-3-9-16(11)14(17)13-6-2-5-12(10-13)7-8-15/h2,5-6,10-11H,3-4,7-9,15H2,1H3. The third kappa shape index (κ3) is 2.67. The molecule has 1 aromatic carbocycles. The molecule has 0 aliphatic carbocycles. The Morgan fingerprint density at radius 1 is 1.53 bits per heavy atom. The fourth-order valence-electron chi connectivity index (χ4n) is 2.43. The van der Waals surface area contributed by atoms with E-state index in [2.05, 4.69) is 6.92 Å². The molecule has 1 aliphatic heterocycles. The van der Waals surface area contributed by atoms with E-state index < -0.39 is 0 Å². The molecule has 1 saturated heterocycles. The molecule has 2 N–H and O–H groups in total. The molecule has 1 fully saturated rings. The molecule has 0 radical (unpaired) electrons. The van der Waals surface area contributed by atoms with Crippen LogP contribution in [-0.4, -0.2) is 29.9 Å². The van der Waals surface area contributed by atoms with Crippen LogP contribution in [-0.2, 0) is 6.42 Å². The van der Waals surface area contributed by atoms with Crippen molar-refractivity contribution in [3.8, 4) is 0 Å². The zero-order chi connectivity index (χ0) is 12.3. The average molecular weight is 232 g/mol. The highest BCUT2D eigenvalue weighted by Crippen LogP contribution is 2.19. The SMILES string of the molecule is CC1CCCN1C(=O)c1cccc(CCN)c1. The molecule has 1 atom stereocenters. The summed E-state index contributed by atoms with van der Waals surface area (Å²) in [5.41, 5.74) is 7.48. The monoisotopic (exact) mass is 232 g/mol. The van der Waals surface area contributed by atoms with Gasteiger partial charge in [0.1, 0.15) is 0 Å². The molecule has 2 rings (SSSR count). The maximum absolute atomic E-state index is 12.3. The van der Waals surface area contributed by atoms with Crippen molar-refractivity contribution in [3.05, 3.63) is 35.4 Å². The van der Waals surface area contributed by atoms with Gasteiger partial charge in [-0.05, 0) is 50.4 Å². The average Bonchev–Trinajstić information content (AvgIpc) is 2.75. The van der Waals surface area contributed by atoms with E-state index in [-0.39, 0.29) is 5.91 Å². The Hall–Kier alpha value is -1.35. The normalized spacial score (nSPS) is 19.6. The van der Waals surface area contributed by atoms with Crippen molar-refractivity contribution in [2.24, 2.45) is 5.73 Å². The van der Waals surface area contributed by atoms with Gasteiger partial charge in [-0.25, -0.2) is 0 Å². The topological polar surface area (TPSA) is 46.3 Å². The lowest BCUT2D eigenvalue weighted by atomic mass is 10.1. The Labute approximate surface area is 103 Å². The largest absolute Gasteiger partial charge is 0.336 e. The van der Waals surface area contributed by atoms with Crippen molar-refractivity contribution < 1.29 is 4.79 Å². The number of carbonyl (C=O) groups is 1. The fraction of sp³-hybridized carbons (Fsp3) is 0.500. The lowest BCUT2D eigenvalue weighted by molar-refractivity contribution is 0.0747. The molecule has 92 valence electrons. The lowest BCUT2D eigenvalue weighted by Crippen LogP contribution is -2.33. The first-order valence-electron chi connectivity index (χ1n) is 6.32. The van der Waals surface area contributed by atoms with Crippen molar-refractivity contribution in [3.63, 3.8) is 0 Å². The van der Waals surface area contributed by atoms with Crippen LogP contribution in [0.3, 0.4) is 0 Å². The van der Waals surface area contributed by atoms with Crippen LogP contribution in [0.15, 0.2) is 24.3 Å². The fourth-order valence-corrected chi connectivity index (χ4v) is 2.43. The molecule has 1 aromatic rings. The van der Waals surface area contributed by atoms with Crippen LogP contribution in [0.5, 0.6) is 0 Å². The summed E-state index contributed by atoms with van der Waals surface area (Å²) in [5, 5.41) is 0. The highest BCUT2D eigenvalue weighted by molar-refractivity contribution is 5.94. The number of amides is 1. The summed E-state index contributed by atoms with van der Waals surface area (Å²) < 4.78 is 0. The van der Waals surface area contributed by atoms with E-state index in [1.165, 1.54) is 0 Å². The van der Waals surface area contributed by atoms with Crippen LogP contribution < -0.4 is 5.73 Å². The Morgan fingerprint density at radius 3 is 3.00 bits per heavy atom. The Morgan fingerprint density at radius 2 is 2.35 bits per heavy atom. The van der Waals surface area contributed by atoms with Crippen molar-refractivity contribution >= 4 is 5.91 Å². The van der Waals surface area contributed by atoms with Gasteiger partial charge in [0.2, 0.25) is 0 Å². The maximum Gasteiger partial charge on any atom is 0.254 e. The first-order chi connectivity index (χ1) is 8.22. The number of hydrogen-bond acceptors (Lipinski definition) is 2. The summed E-state index contributed by atoms with van der Waals surface area (Å²) in [5.74, 6) is 0.161. The second-order valence-corrected chi connectivity index (χ2v) is 4.73. The number of rotatable bonds is 3. The van der Waals surface area contributed by atoms with Crippen molar-refractivity contribution in [1.29, 1.82) is 0 Å². The van der Waals surface area contributed by atoms with Gasteiger partial charge >= 0.3 is 0 Å². The van der Waals surface area contributed by atoms with Gasteiger partial charge in [0.15, 0.2) is 0 Å². The minimum atomic E-state index is 0.161. The third-order valence-electron chi connectivity index (χ3n) is 3.42. The van der Waals surface area contributed by atoms with E-state index in [1.807, 2.05) is 29.2 Å². The van der Waals surface area contributed by atoms with Crippen molar-refractivity contribution in [2.75, 3.05) is 13.1 Å². The van der Waals surface area contributed by atoms with Gasteiger partial charge < -0.3 is 10.6 Å². The second kappa shape index (κ2) is 5.32. The zero-order valence-corrected chi connectivity index (χ0v) is 10.4. The van der Waals surface area contributed by atoms with Gasteiger partial charge in [-0.3, -0.25) is 4.79 Å². The molecule has 0 aromatic heterocycles. The number of benzene rings is 1. The van der Waals surface area contributed by atoms with Gasteiger partial charge in [-0.15, -0.1) is 0 Å². The van der Waals surface area contributed by atoms with Gasteiger partial charge in [0.25, 0.3) is 5.91 Å². The third-order valence-corrected chi connectivity index (χ3v) is 3.42. The molecule has 3 nitrogen and oxygen atoms in total. The number of hydrogen-bond donors (Lipinski definition) is 1. The first-order valence-corrected chi connectivity index (χ1v) is 6.32. The van der Waals surface area contributed by atoms with E-state index in [9.17, 15) is 4.79 Å². The molecule has 0 bridgehead atoms. The van der Waals surface area contributed by atoms with Gasteiger partial charge in [-0.2, -0.15) is 0 Å². The molecule has 1 unspecified atom stereocenters. The van der Waals surface area contributed by atoms with Crippen LogP contribution >= 0.6 is 0 Å². The van der Waals surface area contributed by atoms with E-state index in [4.69, 9.17) is 5.73 Å². The lowest BCUT2D eigenvalue weighted by Gasteiger charge is -2.21. The van der Waals surface area contributed by atoms with Crippen molar-refractivity contribution in [2.45, 2.75) is 32.2 Å². The Kier molecular flexibility index (Phi) is 3.79. The molecule has 17 heavy (non-hydrogen) atoms. The van der Waals surface area contributed by atoms with E-state index in [1.54, 1.807) is 0 Å². The van der Waals surface area contributed by atoms with E-state index >= 15 is 0 Å². The van der Waals surface area contributed by atoms with Crippen LogP contribution in [0.25, 0.3) is 0 Å². The van der Waals surface area contributed by atoms with Gasteiger partial charge in [0, 0.05) is 18.2 Å². The van der Waals surface area contributed by atoms with Crippen LogP contribution in [0, 0.1) is 0 Å². The predicted octanol–water partition coefficient (Wildman–Crippen LogP) is 1.81. The number of likely N-dealkylation sites (tertiary alicyclic amines) is 1. The summed E-state index contributed by atoms with van der Waals surface area (Å²) in [7, 11) is 0.